The molecule has 2 aromatic rings. The SMILES string of the molecule is Cc1ccc(C(N)c2cc(F)c3c(c2)CCC(=O)N3)cc1. The zero-order chi connectivity index (χ0) is 15.0. The van der Waals surface area contributed by atoms with Gasteiger partial charge in [0.05, 0.1) is 11.7 Å². The number of halogens is 1. The van der Waals surface area contributed by atoms with Crippen LogP contribution in [-0.4, -0.2) is 5.91 Å². The molecule has 4 heteroatoms. The zero-order valence-electron chi connectivity index (χ0n) is 11.8. The van der Waals surface area contributed by atoms with E-state index in [1.165, 1.54) is 6.07 Å². The van der Waals surface area contributed by atoms with Crippen molar-refractivity contribution in [2.45, 2.75) is 25.8 Å². The Morgan fingerprint density at radius 3 is 2.57 bits per heavy atom. The van der Waals surface area contributed by atoms with Gasteiger partial charge in [-0.3, -0.25) is 4.79 Å². The lowest BCUT2D eigenvalue weighted by Gasteiger charge is -2.21. The van der Waals surface area contributed by atoms with E-state index in [1.807, 2.05) is 37.3 Å². The van der Waals surface area contributed by atoms with Gasteiger partial charge < -0.3 is 11.1 Å². The second-order valence-electron chi connectivity index (χ2n) is 5.47. The number of fused-ring (bicyclic) bond motifs is 1. The molecular weight excluding hydrogens is 267 g/mol. The summed E-state index contributed by atoms with van der Waals surface area (Å²) >= 11 is 0. The maximum atomic E-state index is 14.2. The molecule has 0 aliphatic carbocycles. The predicted octanol–water partition coefficient (Wildman–Crippen LogP) is 3.07. The van der Waals surface area contributed by atoms with Crippen LogP contribution in [0.1, 0.15) is 34.7 Å². The molecule has 21 heavy (non-hydrogen) atoms. The normalized spacial score (nSPS) is 15.3. The molecule has 1 heterocycles. The lowest BCUT2D eigenvalue weighted by Crippen LogP contribution is -2.21. The van der Waals surface area contributed by atoms with Gasteiger partial charge in [0.15, 0.2) is 0 Å². The third kappa shape index (κ3) is 2.67. The fourth-order valence-corrected chi connectivity index (χ4v) is 2.62. The highest BCUT2D eigenvalue weighted by molar-refractivity contribution is 5.94. The van der Waals surface area contributed by atoms with Crippen molar-refractivity contribution in [1.29, 1.82) is 0 Å². The van der Waals surface area contributed by atoms with E-state index < -0.39 is 5.82 Å². The second-order valence-corrected chi connectivity index (χ2v) is 5.47. The third-order valence-electron chi connectivity index (χ3n) is 3.88. The highest BCUT2D eigenvalue weighted by Crippen LogP contribution is 2.30. The average Bonchev–Trinajstić information content (AvgIpc) is 2.48. The number of benzene rings is 2. The van der Waals surface area contributed by atoms with Crippen molar-refractivity contribution < 1.29 is 9.18 Å². The molecule has 1 amide bonds. The lowest BCUT2D eigenvalue weighted by atomic mass is 9.93. The molecule has 0 spiro atoms. The molecule has 3 N–H and O–H groups in total. The molecule has 0 fully saturated rings. The molecule has 1 aliphatic rings. The maximum Gasteiger partial charge on any atom is 0.224 e. The van der Waals surface area contributed by atoms with Crippen molar-refractivity contribution in [1.82, 2.24) is 0 Å². The molecule has 3 rings (SSSR count). The zero-order valence-corrected chi connectivity index (χ0v) is 11.8. The van der Waals surface area contributed by atoms with E-state index in [4.69, 9.17) is 5.73 Å². The van der Waals surface area contributed by atoms with Crippen LogP contribution < -0.4 is 11.1 Å². The molecule has 108 valence electrons. The van der Waals surface area contributed by atoms with Crippen LogP contribution in [0, 0.1) is 12.7 Å². The van der Waals surface area contributed by atoms with Gasteiger partial charge in [0.2, 0.25) is 5.91 Å². The quantitative estimate of drug-likeness (QED) is 0.890. The number of aryl methyl sites for hydroxylation is 2. The highest BCUT2D eigenvalue weighted by Gasteiger charge is 2.21. The number of carbonyl (C=O) groups is 1. The van der Waals surface area contributed by atoms with E-state index in [1.54, 1.807) is 0 Å². The Balaban J connectivity index is 1.97. The summed E-state index contributed by atoms with van der Waals surface area (Å²) in [6.07, 6.45) is 0.933. The number of anilines is 1. The first-order valence-corrected chi connectivity index (χ1v) is 6.99. The number of hydrogen-bond donors (Lipinski definition) is 2. The Bertz CT molecular complexity index is 695. The van der Waals surface area contributed by atoms with Crippen LogP contribution in [0.3, 0.4) is 0 Å². The Hall–Kier alpha value is -2.20. The topological polar surface area (TPSA) is 55.1 Å². The minimum atomic E-state index is -0.418. The van der Waals surface area contributed by atoms with Crippen LogP contribution in [0.4, 0.5) is 10.1 Å². The molecule has 0 saturated carbocycles. The minimum Gasteiger partial charge on any atom is -0.323 e. The number of rotatable bonds is 2. The summed E-state index contributed by atoms with van der Waals surface area (Å²) in [5.41, 5.74) is 10.2. The van der Waals surface area contributed by atoms with E-state index >= 15 is 0 Å². The van der Waals surface area contributed by atoms with E-state index in [9.17, 15) is 9.18 Å². The Kier molecular flexibility index (Phi) is 3.47. The van der Waals surface area contributed by atoms with Crippen molar-refractivity contribution in [2.24, 2.45) is 5.73 Å². The fraction of sp³-hybridized carbons (Fsp3) is 0.235. The molecule has 1 unspecified atom stereocenters. The van der Waals surface area contributed by atoms with Gasteiger partial charge in [0, 0.05) is 6.42 Å². The average molecular weight is 284 g/mol. The monoisotopic (exact) mass is 284 g/mol. The number of hydrogen-bond acceptors (Lipinski definition) is 2. The molecule has 3 nitrogen and oxygen atoms in total. The predicted molar refractivity (Wildman–Crippen MR) is 80.6 cm³/mol. The molecule has 0 bridgehead atoms. The van der Waals surface area contributed by atoms with Gasteiger partial charge in [0.1, 0.15) is 5.82 Å². The molecule has 1 aliphatic heterocycles. The molecular formula is C17H17FN2O. The van der Waals surface area contributed by atoms with Crippen molar-refractivity contribution in [3.05, 3.63) is 64.5 Å². The van der Waals surface area contributed by atoms with Crippen LogP contribution in [0.25, 0.3) is 0 Å². The standard InChI is InChI=1S/C17H17FN2O/c1-10-2-4-11(5-3-10)16(19)13-8-12-6-7-15(21)20-17(12)14(18)9-13/h2-5,8-9,16H,6-7,19H2,1H3,(H,20,21). The molecule has 0 aromatic heterocycles. The van der Waals surface area contributed by atoms with Crippen LogP contribution in [0.15, 0.2) is 36.4 Å². The van der Waals surface area contributed by atoms with Crippen LogP contribution in [0.5, 0.6) is 0 Å². The summed E-state index contributed by atoms with van der Waals surface area (Å²) in [7, 11) is 0. The maximum absolute atomic E-state index is 14.2. The second kappa shape index (κ2) is 5.30. The summed E-state index contributed by atoms with van der Waals surface area (Å²) < 4.78 is 14.2. The number of nitrogens with two attached hydrogens (primary N) is 1. The van der Waals surface area contributed by atoms with Crippen molar-refractivity contribution in [2.75, 3.05) is 5.32 Å². The van der Waals surface area contributed by atoms with Crippen LogP contribution in [0.2, 0.25) is 0 Å². The largest absolute Gasteiger partial charge is 0.323 e. The third-order valence-corrected chi connectivity index (χ3v) is 3.88. The minimum absolute atomic E-state index is 0.142. The number of nitrogens with one attached hydrogen (secondary N) is 1. The summed E-state index contributed by atoms with van der Waals surface area (Å²) in [5, 5.41) is 2.59. The van der Waals surface area contributed by atoms with Gasteiger partial charge in [0.25, 0.3) is 0 Å². The van der Waals surface area contributed by atoms with E-state index in [-0.39, 0.29) is 11.9 Å². The lowest BCUT2D eigenvalue weighted by molar-refractivity contribution is -0.116. The van der Waals surface area contributed by atoms with Crippen molar-refractivity contribution in [3.63, 3.8) is 0 Å². The Morgan fingerprint density at radius 2 is 1.86 bits per heavy atom. The van der Waals surface area contributed by atoms with Gasteiger partial charge in [-0.1, -0.05) is 35.9 Å². The van der Waals surface area contributed by atoms with Crippen LogP contribution >= 0.6 is 0 Å². The van der Waals surface area contributed by atoms with Gasteiger partial charge in [-0.2, -0.15) is 0 Å². The highest BCUT2D eigenvalue weighted by atomic mass is 19.1. The summed E-state index contributed by atoms with van der Waals surface area (Å²) in [5.74, 6) is -0.560. The molecule has 0 radical (unpaired) electrons. The van der Waals surface area contributed by atoms with Crippen molar-refractivity contribution in [3.8, 4) is 0 Å². The van der Waals surface area contributed by atoms with E-state index in [0.717, 1.165) is 22.3 Å². The van der Waals surface area contributed by atoms with Gasteiger partial charge >= 0.3 is 0 Å². The van der Waals surface area contributed by atoms with Crippen molar-refractivity contribution >= 4 is 11.6 Å². The first-order chi connectivity index (χ1) is 10.0. The van der Waals surface area contributed by atoms with Crippen LogP contribution in [-0.2, 0) is 11.2 Å². The number of carbonyl (C=O) groups excluding carboxylic acids is 1. The molecule has 2 aromatic carbocycles. The fourth-order valence-electron chi connectivity index (χ4n) is 2.62. The van der Waals surface area contributed by atoms with Gasteiger partial charge in [-0.15, -0.1) is 0 Å². The molecule has 1 atom stereocenters. The van der Waals surface area contributed by atoms with E-state index in [2.05, 4.69) is 5.32 Å². The van der Waals surface area contributed by atoms with Gasteiger partial charge in [-0.05, 0) is 36.1 Å². The summed E-state index contributed by atoms with van der Waals surface area (Å²) in [4.78, 5) is 11.3. The van der Waals surface area contributed by atoms with E-state index in [0.29, 0.717) is 18.5 Å². The summed E-state index contributed by atoms with van der Waals surface area (Å²) in [6.45, 7) is 2.01. The van der Waals surface area contributed by atoms with Gasteiger partial charge in [-0.25, -0.2) is 4.39 Å². The smallest absolute Gasteiger partial charge is 0.224 e. The summed E-state index contributed by atoms with van der Waals surface area (Å²) in [6, 6.07) is 10.8. The Morgan fingerprint density at radius 1 is 1.14 bits per heavy atom. The first-order valence-electron chi connectivity index (χ1n) is 6.99. The number of amides is 1. The molecule has 0 saturated heterocycles. The Labute approximate surface area is 123 Å². The first kappa shape index (κ1) is 13.8.